The molecule has 29 heavy (non-hydrogen) atoms. The van der Waals surface area contributed by atoms with Crippen LogP contribution in [0.25, 0.3) is 11.1 Å². The molecule has 8 heteroatoms. The van der Waals surface area contributed by atoms with Gasteiger partial charge in [-0.05, 0) is 31.5 Å². The van der Waals surface area contributed by atoms with Crippen LogP contribution in [-0.4, -0.2) is 40.8 Å². The van der Waals surface area contributed by atoms with Crippen molar-refractivity contribution in [2.45, 2.75) is 19.3 Å². The van der Waals surface area contributed by atoms with Crippen molar-refractivity contribution in [2.75, 3.05) is 20.8 Å². The molecular weight excluding hydrogens is 392 g/mol. The van der Waals surface area contributed by atoms with Crippen molar-refractivity contribution in [3.63, 3.8) is 0 Å². The van der Waals surface area contributed by atoms with E-state index < -0.39 is 0 Å². The number of halogens is 1. The van der Waals surface area contributed by atoms with Gasteiger partial charge in [-0.15, -0.1) is 0 Å². The van der Waals surface area contributed by atoms with Crippen molar-refractivity contribution in [3.05, 3.63) is 53.5 Å². The molecule has 0 radical (unpaired) electrons. The second-order valence-electron chi connectivity index (χ2n) is 6.88. The number of methoxy groups -OCH3 is 2. The number of hydrogen-bond donors (Lipinski definition) is 0. The van der Waals surface area contributed by atoms with Crippen molar-refractivity contribution in [2.24, 2.45) is 5.92 Å². The van der Waals surface area contributed by atoms with Crippen LogP contribution in [0, 0.1) is 12.8 Å². The van der Waals surface area contributed by atoms with Gasteiger partial charge in [0.15, 0.2) is 0 Å². The van der Waals surface area contributed by atoms with Gasteiger partial charge in [0.1, 0.15) is 22.5 Å². The van der Waals surface area contributed by atoms with Gasteiger partial charge < -0.3 is 14.2 Å². The molecule has 3 aromatic heterocycles. The highest BCUT2D eigenvalue weighted by molar-refractivity contribution is 6.29. The Bertz CT molecular complexity index is 1010. The maximum atomic E-state index is 6.11. The molecule has 3 aromatic rings. The van der Waals surface area contributed by atoms with Gasteiger partial charge in [0.2, 0.25) is 5.88 Å². The van der Waals surface area contributed by atoms with Crippen LogP contribution in [0.4, 0.5) is 0 Å². The van der Waals surface area contributed by atoms with Crippen LogP contribution in [-0.2, 0) is 0 Å². The van der Waals surface area contributed by atoms with Crippen molar-refractivity contribution >= 4 is 11.6 Å². The molecule has 0 unspecified atom stereocenters. The van der Waals surface area contributed by atoms with Gasteiger partial charge in [-0.3, -0.25) is 4.98 Å². The van der Waals surface area contributed by atoms with E-state index >= 15 is 0 Å². The summed E-state index contributed by atoms with van der Waals surface area (Å²) in [5.41, 5.74) is 2.52. The van der Waals surface area contributed by atoms with Gasteiger partial charge in [0, 0.05) is 29.3 Å². The van der Waals surface area contributed by atoms with Gasteiger partial charge in [-0.2, -0.15) is 4.98 Å². The molecule has 2 atom stereocenters. The van der Waals surface area contributed by atoms with Crippen molar-refractivity contribution in [1.82, 2.24) is 19.9 Å². The Morgan fingerprint density at radius 3 is 2.62 bits per heavy atom. The summed E-state index contributed by atoms with van der Waals surface area (Å²) in [7, 11) is 3.22. The van der Waals surface area contributed by atoms with E-state index in [-0.39, 0.29) is 0 Å². The summed E-state index contributed by atoms with van der Waals surface area (Å²) < 4.78 is 16.7. The lowest BCUT2D eigenvalue weighted by atomic mass is 10.1. The molecule has 4 rings (SSSR count). The summed E-state index contributed by atoms with van der Waals surface area (Å²) in [6.07, 6.45) is 6.08. The van der Waals surface area contributed by atoms with E-state index in [2.05, 4.69) is 19.9 Å². The molecule has 1 aliphatic rings. The molecule has 0 bridgehead atoms. The van der Waals surface area contributed by atoms with Gasteiger partial charge in [0.05, 0.1) is 38.8 Å². The zero-order chi connectivity index (χ0) is 20.4. The minimum Gasteiger partial charge on any atom is -0.495 e. The lowest BCUT2D eigenvalue weighted by molar-refractivity contribution is 0.285. The van der Waals surface area contributed by atoms with Crippen LogP contribution in [0.15, 0.2) is 36.8 Å². The quantitative estimate of drug-likeness (QED) is 0.540. The fraction of sp³-hybridized carbons (Fsp3) is 0.333. The number of aromatic nitrogens is 4. The lowest BCUT2D eigenvalue weighted by Crippen LogP contribution is -2.06. The van der Waals surface area contributed by atoms with Gasteiger partial charge in [-0.25, -0.2) is 9.97 Å². The fourth-order valence-corrected chi connectivity index (χ4v) is 3.40. The zero-order valence-corrected chi connectivity index (χ0v) is 17.2. The van der Waals surface area contributed by atoms with E-state index in [4.69, 9.17) is 25.8 Å². The van der Waals surface area contributed by atoms with Gasteiger partial charge in [0.25, 0.3) is 0 Å². The molecule has 0 aromatic carbocycles. The summed E-state index contributed by atoms with van der Waals surface area (Å²) in [6, 6.07) is 5.67. The standard InChI is InChI=1S/C21H21ClN4O3/c1-12-23-9-17(16-7-20(22)25-10-19(16)28-3)21(26-12)29-11-13-6-15(13)18-5-4-14(27-2)8-24-18/h4-5,7-10,13,15H,6,11H2,1-3H3/t13-,15+/m1/s1. The summed E-state index contributed by atoms with van der Waals surface area (Å²) in [4.78, 5) is 17.4. The predicted molar refractivity (Wildman–Crippen MR) is 109 cm³/mol. The van der Waals surface area contributed by atoms with Gasteiger partial charge in [-0.1, -0.05) is 11.6 Å². The molecule has 3 heterocycles. The molecule has 1 aliphatic carbocycles. The molecule has 0 aliphatic heterocycles. The van der Waals surface area contributed by atoms with Gasteiger partial charge >= 0.3 is 0 Å². The van der Waals surface area contributed by atoms with Crippen LogP contribution in [0.3, 0.4) is 0 Å². The summed E-state index contributed by atoms with van der Waals surface area (Å²) >= 11 is 6.09. The Balaban J connectivity index is 1.51. The first-order valence-corrected chi connectivity index (χ1v) is 9.63. The van der Waals surface area contributed by atoms with Crippen LogP contribution in [0.5, 0.6) is 17.4 Å². The maximum Gasteiger partial charge on any atom is 0.224 e. The van der Waals surface area contributed by atoms with Crippen molar-refractivity contribution in [3.8, 4) is 28.5 Å². The molecule has 0 spiro atoms. The Hall–Kier alpha value is -2.93. The number of hydrogen-bond acceptors (Lipinski definition) is 7. The van der Waals surface area contributed by atoms with E-state index in [1.807, 2.05) is 19.1 Å². The third kappa shape index (κ3) is 4.24. The van der Waals surface area contributed by atoms with Crippen LogP contribution in [0.2, 0.25) is 5.15 Å². The summed E-state index contributed by atoms with van der Waals surface area (Å²) in [6.45, 7) is 2.37. The van der Waals surface area contributed by atoms with Crippen LogP contribution >= 0.6 is 11.6 Å². The van der Waals surface area contributed by atoms with E-state index in [0.717, 1.165) is 29.0 Å². The fourth-order valence-electron chi connectivity index (χ4n) is 3.25. The predicted octanol–water partition coefficient (Wildman–Crippen LogP) is 4.10. The normalized spacial score (nSPS) is 17.7. The van der Waals surface area contributed by atoms with Crippen LogP contribution in [0.1, 0.15) is 23.9 Å². The molecule has 0 N–H and O–H groups in total. The SMILES string of the molecule is COc1ccc([C@H]2C[C@@H]2COc2nc(C)ncc2-c2cc(Cl)ncc2OC)nc1. The Kier molecular flexibility index (Phi) is 5.49. The second kappa shape index (κ2) is 8.21. The molecule has 1 saturated carbocycles. The van der Waals surface area contributed by atoms with Crippen molar-refractivity contribution < 1.29 is 14.2 Å². The second-order valence-corrected chi connectivity index (χ2v) is 7.27. The third-order valence-corrected chi connectivity index (χ3v) is 5.16. The lowest BCUT2D eigenvalue weighted by Gasteiger charge is -2.13. The highest BCUT2D eigenvalue weighted by Gasteiger charge is 2.40. The molecule has 1 fully saturated rings. The maximum absolute atomic E-state index is 6.11. The molecule has 7 nitrogen and oxygen atoms in total. The number of aryl methyl sites for hydroxylation is 1. The first-order valence-electron chi connectivity index (χ1n) is 9.25. The number of rotatable bonds is 7. The minimum absolute atomic E-state index is 0.361. The Morgan fingerprint density at radius 2 is 1.90 bits per heavy atom. The van der Waals surface area contributed by atoms with Crippen molar-refractivity contribution in [1.29, 1.82) is 0 Å². The molecule has 0 amide bonds. The zero-order valence-electron chi connectivity index (χ0n) is 16.4. The Labute approximate surface area is 174 Å². The number of ether oxygens (including phenoxy) is 3. The molecular formula is C21H21ClN4O3. The number of nitrogens with zero attached hydrogens (tertiary/aromatic N) is 4. The largest absolute Gasteiger partial charge is 0.495 e. The van der Waals surface area contributed by atoms with E-state index in [9.17, 15) is 0 Å². The summed E-state index contributed by atoms with van der Waals surface area (Å²) in [5.74, 6) is 3.25. The van der Waals surface area contributed by atoms with Crippen LogP contribution < -0.4 is 14.2 Å². The first-order chi connectivity index (χ1) is 14.1. The first kappa shape index (κ1) is 19.4. The average Bonchev–Trinajstić information content (AvgIpc) is 3.52. The van der Waals surface area contributed by atoms with E-state index in [1.165, 1.54) is 0 Å². The van der Waals surface area contributed by atoms with E-state index in [0.29, 0.717) is 41.0 Å². The number of pyridine rings is 2. The Morgan fingerprint density at radius 1 is 1.03 bits per heavy atom. The van der Waals surface area contributed by atoms with E-state index in [1.54, 1.807) is 38.9 Å². The minimum atomic E-state index is 0.361. The highest BCUT2D eigenvalue weighted by atomic mass is 35.5. The monoisotopic (exact) mass is 412 g/mol. The topological polar surface area (TPSA) is 79.2 Å². The average molecular weight is 413 g/mol. The highest BCUT2D eigenvalue weighted by Crippen LogP contribution is 2.47. The smallest absolute Gasteiger partial charge is 0.224 e. The third-order valence-electron chi connectivity index (χ3n) is 4.95. The summed E-state index contributed by atoms with van der Waals surface area (Å²) in [5, 5.41) is 0.361. The molecule has 150 valence electrons. The molecule has 0 saturated heterocycles.